The molecule has 0 bridgehead atoms. The Labute approximate surface area is 286 Å². The smallest absolute Gasteiger partial charge is 0.325 e. The Bertz CT molecular complexity index is 1760. The number of phenolic OH excluding ortho intramolecular Hbond substituents is 2. The topological polar surface area (TPSA) is 232 Å². The van der Waals surface area contributed by atoms with Crippen molar-refractivity contribution < 1.29 is 68.1 Å². The molecule has 0 radical (unpaired) electrons. The van der Waals surface area contributed by atoms with Crippen LogP contribution in [0, 0.1) is 5.92 Å². The molecule has 5 unspecified atom stereocenters. The van der Waals surface area contributed by atoms with Crippen molar-refractivity contribution in [3.8, 4) is 17.2 Å². The number of aliphatic hydroxyl groups is 2. The zero-order valence-corrected chi connectivity index (χ0v) is 27.9. The summed E-state index contributed by atoms with van der Waals surface area (Å²) in [5.41, 5.74) is -4.05. The predicted octanol–water partition coefficient (Wildman–Crippen LogP) is 1.35. The van der Waals surface area contributed by atoms with E-state index in [4.69, 9.17) is 18.9 Å². The van der Waals surface area contributed by atoms with Gasteiger partial charge in [0.1, 0.15) is 35.2 Å². The van der Waals surface area contributed by atoms with Crippen molar-refractivity contribution in [1.82, 2.24) is 5.32 Å². The number of methoxy groups -OCH3 is 1. The molecular weight excluding hydrogens is 658 g/mol. The minimum absolute atomic E-state index is 0.0204. The number of carbonyl (C=O) groups excluding carboxylic acids is 6. The molecule has 1 amide bonds. The third kappa shape index (κ3) is 6.86. The Balaban J connectivity index is 1.49. The first-order valence-electron chi connectivity index (χ1n) is 16.1. The summed E-state index contributed by atoms with van der Waals surface area (Å²) < 4.78 is 22.3. The van der Waals surface area contributed by atoms with Crippen LogP contribution in [0.1, 0.15) is 95.5 Å². The van der Waals surface area contributed by atoms with Gasteiger partial charge in [-0.25, -0.2) is 0 Å². The highest BCUT2D eigenvalue weighted by Crippen LogP contribution is 2.52. The van der Waals surface area contributed by atoms with Crippen LogP contribution < -0.4 is 10.1 Å². The zero-order valence-electron chi connectivity index (χ0n) is 27.9. The van der Waals surface area contributed by atoms with Crippen LogP contribution in [-0.4, -0.2) is 99.8 Å². The average Bonchev–Trinajstić information content (AvgIpc) is 3.07. The lowest BCUT2D eigenvalue weighted by Crippen LogP contribution is -2.49. The number of aliphatic hydroxyl groups excluding tert-OH is 1. The van der Waals surface area contributed by atoms with E-state index >= 15 is 0 Å². The number of hydrogen-bond acceptors (Lipinski definition) is 14. The number of Topliss-reactive ketones (excluding diaryl/α,β-unsaturated/α-hetero) is 2. The molecule has 15 nitrogen and oxygen atoms in total. The predicted molar refractivity (Wildman–Crippen MR) is 170 cm³/mol. The molecule has 0 aromatic heterocycles. The van der Waals surface area contributed by atoms with Crippen molar-refractivity contribution in [2.45, 2.75) is 83.1 Å². The Kier molecular flexibility index (Phi) is 10.4. The van der Waals surface area contributed by atoms with E-state index in [1.165, 1.54) is 32.2 Å². The minimum atomic E-state index is -2.39. The van der Waals surface area contributed by atoms with Gasteiger partial charge in [-0.05, 0) is 25.8 Å². The van der Waals surface area contributed by atoms with Gasteiger partial charge >= 0.3 is 5.97 Å². The molecule has 2 aromatic carbocycles. The number of benzene rings is 2. The van der Waals surface area contributed by atoms with Crippen molar-refractivity contribution in [3.63, 3.8) is 0 Å². The summed E-state index contributed by atoms with van der Waals surface area (Å²) >= 11 is 0. The summed E-state index contributed by atoms with van der Waals surface area (Å²) in [5.74, 6) is -6.14. The molecule has 5 rings (SSSR count). The van der Waals surface area contributed by atoms with Gasteiger partial charge in [0.2, 0.25) is 17.5 Å². The van der Waals surface area contributed by atoms with Crippen molar-refractivity contribution in [1.29, 1.82) is 0 Å². The first-order valence-corrected chi connectivity index (χ1v) is 16.1. The molecule has 5 N–H and O–H groups in total. The van der Waals surface area contributed by atoms with Crippen LogP contribution in [0.15, 0.2) is 18.2 Å². The van der Waals surface area contributed by atoms with Gasteiger partial charge in [-0.2, -0.15) is 0 Å². The molecule has 268 valence electrons. The average molecular weight is 698 g/mol. The van der Waals surface area contributed by atoms with Crippen molar-refractivity contribution >= 4 is 35.0 Å². The Hall–Kier alpha value is -4.70. The Morgan fingerprint density at radius 2 is 1.72 bits per heavy atom. The van der Waals surface area contributed by atoms with Crippen molar-refractivity contribution in [2.75, 3.05) is 20.3 Å². The second-order valence-electron chi connectivity index (χ2n) is 13.0. The van der Waals surface area contributed by atoms with Crippen molar-refractivity contribution in [2.24, 2.45) is 5.92 Å². The maximum absolute atomic E-state index is 13.9. The summed E-state index contributed by atoms with van der Waals surface area (Å²) in [6.07, 6.45) is -5.16. The molecule has 0 spiro atoms. The summed E-state index contributed by atoms with van der Waals surface area (Å²) in [7, 11) is 1.31. The van der Waals surface area contributed by atoms with E-state index in [1.807, 2.05) is 0 Å². The van der Waals surface area contributed by atoms with E-state index in [0.717, 1.165) is 0 Å². The molecule has 6 atom stereocenters. The van der Waals surface area contributed by atoms with Gasteiger partial charge in [-0.1, -0.05) is 19.1 Å². The third-order valence-electron chi connectivity index (χ3n) is 9.40. The van der Waals surface area contributed by atoms with Crippen LogP contribution in [0.4, 0.5) is 0 Å². The lowest BCUT2D eigenvalue weighted by atomic mass is 9.72. The van der Waals surface area contributed by atoms with Crippen LogP contribution in [0.2, 0.25) is 0 Å². The normalized spacial score (nSPS) is 25.5. The Morgan fingerprint density at radius 1 is 1.02 bits per heavy atom. The summed E-state index contributed by atoms with van der Waals surface area (Å²) in [6, 6.07) is 4.31. The molecule has 0 saturated carbocycles. The number of phenols is 2. The maximum Gasteiger partial charge on any atom is 0.325 e. The van der Waals surface area contributed by atoms with Crippen LogP contribution in [0.25, 0.3) is 0 Å². The molecule has 15 heteroatoms. The first-order chi connectivity index (χ1) is 23.6. The number of ether oxygens (including phenoxy) is 4. The number of fused-ring (bicyclic) bond motifs is 3. The standard InChI is InChI=1S/C35H39NO14/c1-15-10-25(49-17(3)30(15)41)50-21-12-35(46,22(38)14-48-24(40)13-36-23(39)9-8-16(2)37)11-19-27(21)34(45)29-28(32(19)43)31(42)18-6-5-7-20(47-4)26(18)33(29)44/h5-7,15,17,21,25,30,41,43,45-46H,8-14H2,1-4H3,(H,36,39)/t15?,17?,21-,25?,30?,35?/m1/s1. The highest BCUT2D eigenvalue weighted by atomic mass is 16.7. The van der Waals surface area contributed by atoms with Gasteiger partial charge < -0.3 is 49.5 Å². The number of aromatic hydroxyl groups is 2. The third-order valence-corrected chi connectivity index (χ3v) is 9.40. The van der Waals surface area contributed by atoms with E-state index in [0.29, 0.717) is 0 Å². The number of ketones is 4. The maximum atomic E-state index is 13.9. The SMILES string of the molecule is COc1cccc2c1C(=O)c1c(O)c3c(c(O)c1C2=O)CC(O)(C(=O)COC(=O)CNC(=O)CCC(C)=O)C[C@H]3OC1CC(C)C(O)C(C)O1. The van der Waals surface area contributed by atoms with Gasteiger partial charge in [-0.3, -0.25) is 24.0 Å². The van der Waals surface area contributed by atoms with E-state index in [-0.39, 0.29) is 59.0 Å². The van der Waals surface area contributed by atoms with Crippen LogP contribution in [-0.2, 0) is 39.8 Å². The summed E-state index contributed by atoms with van der Waals surface area (Å²) in [6.45, 7) is 3.14. The van der Waals surface area contributed by atoms with Gasteiger partial charge in [-0.15, -0.1) is 0 Å². The Morgan fingerprint density at radius 3 is 2.38 bits per heavy atom. The highest BCUT2D eigenvalue weighted by molar-refractivity contribution is 6.31. The number of hydrogen-bond donors (Lipinski definition) is 5. The molecule has 1 saturated heterocycles. The van der Waals surface area contributed by atoms with Gasteiger partial charge in [0.15, 0.2) is 18.7 Å². The fraction of sp³-hybridized carbons (Fsp3) is 0.486. The second kappa shape index (κ2) is 14.3. The quantitative estimate of drug-likeness (QED) is 0.141. The van der Waals surface area contributed by atoms with Crippen LogP contribution >= 0.6 is 0 Å². The molecule has 1 fully saturated rings. The second-order valence-corrected chi connectivity index (χ2v) is 13.0. The molecular formula is C35H39NO14. The fourth-order valence-electron chi connectivity index (χ4n) is 6.68. The fourth-order valence-corrected chi connectivity index (χ4v) is 6.68. The molecule has 3 aliphatic rings. The van der Waals surface area contributed by atoms with Gasteiger partial charge in [0.25, 0.3) is 0 Å². The summed E-state index contributed by atoms with van der Waals surface area (Å²) in [5, 5.41) is 47.8. The first kappa shape index (κ1) is 36.6. The monoisotopic (exact) mass is 697 g/mol. The van der Waals surface area contributed by atoms with E-state index < -0.39 is 108 Å². The van der Waals surface area contributed by atoms with Crippen LogP contribution in [0.3, 0.4) is 0 Å². The highest BCUT2D eigenvalue weighted by Gasteiger charge is 2.50. The molecule has 50 heavy (non-hydrogen) atoms. The number of carbonyl (C=O) groups is 6. The lowest BCUT2D eigenvalue weighted by Gasteiger charge is -2.42. The van der Waals surface area contributed by atoms with E-state index in [9.17, 15) is 49.2 Å². The van der Waals surface area contributed by atoms with Gasteiger partial charge in [0, 0.05) is 48.8 Å². The lowest BCUT2D eigenvalue weighted by molar-refractivity contribution is -0.255. The zero-order chi connectivity index (χ0) is 36.7. The van der Waals surface area contributed by atoms with Crippen molar-refractivity contribution in [3.05, 3.63) is 51.6 Å². The van der Waals surface area contributed by atoms with Gasteiger partial charge in [0.05, 0.1) is 42.1 Å². The molecule has 2 aromatic rings. The van der Waals surface area contributed by atoms with E-state index in [2.05, 4.69) is 5.32 Å². The minimum Gasteiger partial charge on any atom is -0.507 e. The largest absolute Gasteiger partial charge is 0.507 e. The van der Waals surface area contributed by atoms with E-state index in [1.54, 1.807) is 13.8 Å². The number of nitrogens with one attached hydrogen (secondary N) is 1. The molecule has 2 aliphatic carbocycles. The molecule has 1 heterocycles. The number of amides is 1. The number of esters is 1. The molecule has 1 aliphatic heterocycles. The number of rotatable bonds is 11. The summed E-state index contributed by atoms with van der Waals surface area (Å²) in [4.78, 5) is 76.4. The van der Waals surface area contributed by atoms with Crippen LogP contribution in [0.5, 0.6) is 17.2 Å².